The fourth-order valence-electron chi connectivity index (χ4n) is 2.27. The van der Waals surface area contributed by atoms with Crippen LogP contribution in [-0.2, 0) is 4.79 Å². The summed E-state index contributed by atoms with van der Waals surface area (Å²) in [6.07, 6.45) is -0.686. The number of benzene rings is 2. The topological polar surface area (TPSA) is 62.1 Å². The monoisotopic (exact) mass is 336 g/mol. The molecular weight excluding hydrogens is 312 g/mol. The second kappa shape index (κ2) is 7.85. The maximum atomic E-state index is 12.3. The van der Waals surface area contributed by atoms with Crippen LogP contribution in [0.1, 0.15) is 27.7 Å². The Labute approximate surface area is 149 Å². The number of ether oxygens (including phenoxy) is 1. The number of amides is 1. The summed E-state index contributed by atoms with van der Waals surface area (Å²) in [5.74, 6) is 0.314. The number of rotatable bonds is 6. The average Bonchev–Trinajstić information content (AvgIpc) is 2.62. The summed E-state index contributed by atoms with van der Waals surface area (Å²) in [5, 5.41) is 12.1. The Bertz CT molecular complexity index is 748. The van der Waals surface area contributed by atoms with Crippen molar-refractivity contribution in [2.75, 3.05) is 0 Å². The van der Waals surface area contributed by atoms with Crippen molar-refractivity contribution in [1.82, 2.24) is 5.32 Å². The molecule has 0 aliphatic carbocycles. The predicted octanol–water partition coefficient (Wildman–Crippen LogP) is 4.18. The first-order valence-corrected chi connectivity index (χ1v) is 8.41. The van der Waals surface area contributed by atoms with Crippen LogP contribution in [0, 0.1) is 17.2 Å². The van der Waals surface area contributed by atoms with E-state index in [4.69, 9.17) is 4.74 Å². The Morgan fingerprint density at radius 2 is 1.60 bits per heavy atom. The van der Waals surface area contributed by atoms with Crippen molar-refractivity contribution in [3.8, 4) is 22.9 Å². The van der Waals surface area contributed by atoms with Gasteiger partial charge in [0.25, 0.3) is 5.91 Å². The molecule has 0 spiro atoms. The quantitative estimate of drug-likeness (QED) is 0.861. The maximum Gasteiger partial charge on any atom is 0.262 e. The summed E-state index contributed by atoms with van der Waals surface area (Å²) in [6.45, 7) is 7.20. The molecule has 0 saturated carbocycles. The molecule has 0 aliphatic rings. The predicted molar refractivity (Wildman–Crippen MR) is 99.0 cm³/mol. The van der Waals surface area contributed by atoms with E-state index in [1.54, 1.807) is 13.8 Å². The van der Waals surface area contributed by atoms with Crippen molar-refractivity contribution in [2.45, 2.75) is 39.3 Å². The maximum absolute atomic E-state index is 12.3. The second-order valence-corrected chi connectivity index (χ2v) is 6.61. The Kier molecular flexibility index (Phi) is 5.82. The van der Waals surface area contributed by atoms with Gasteiger partial charge in [0.1, 0.15) is 11.3 Å². The highest BCUT2D eigenvalue weighted by Crippen LogP contribution is 2.23. The van der Waals surface area contributed by atoms with Crippen molar-refractivity contribution >= 4 is 5.91 Å². The number of nitrogens with zero attached hydrogens (tertiary/aromatic N) is 1. The second-order valence-electron chi connectivity index (χ2n) is 6.61. The molecule has 1 amide bonds. The van der Waals surface area contributed by atoms with E-state index in [2.05, 4.69) is 11.4 Å². The zero-order chi connectivity index (χ0) is 18.4. The standard InChI is InChI=1S/C21H24N2O2/c1-15(2)21(4,14-22)23-20(24)16(3)25-19-12-10-18(11-13-19)17-8-6-5-7-9-17/h5-13,15-16H,1-4H3,(H,23,24)/t16-,21+/m0/s1. The minimum Gasteiger partial charge on any atom is -0.481 e. The molecule has 0 unspecified atom stereocenters. The van der Waals surface area contributed by atoms with Crippen molar-refractivity contribution < 1.29 is 9.53 Å². The summed E-state index contributed by atoms with van der Waals surface area (Å²) in [4.78, 5) is 12.3. The first kappa shape index (κ1) is 18.5. The van der Waals surface area contributed by atoms with Crippen LogP contribution in [0.2, 0.25) is 0 Å². The van der Waals surface area contributed by atoms with Gasteiger partial charge in [0.15, 0.2) is 6.10 Å². The van der Waals surface area contributed by atoms with Crippen molar-refractivity contribution in [1.29, 1.82) is 5.26 Å². The Morgan fingerprint density at radius 3 is 2.12 bits per heavy atom. The van der Waals surface area contributed by atoms with E-state index >= 15 is 0 Å². The lowest BCUT2D eigenvalue weighted by Gasteiger charge is -2.28. The number of hydrogen-bond acceptors (Lipinski definition) is 3. The molecule has 0 radical (unpaired) electrons. The highest BCUT2D eigenvalue weighted by atomic mass is 16.5. The van der Waals surface area contributed by atoms with Crippen molar-refractivity contribution in [2.24, 2.45) is 5.92 Å². The molecule has 0 heterocycles. The van der Waals surface area contributed by atoms with Crippen LogP contribution in [0.25, 0.3) is 11.1 Å². The summed E-state index contributed by atoms with van der Waals surface area (Å²) in [5.41, 5.74) is 1.30. The number of carbonyl (C=O) groups excluding carboxylic acids is 1. The average molecular weight is 336 g/mol. The molecule has 2 aromatic rings. The van der Waals surface area contributed by atoms with Gasteiger partial charge in [0.2, 0.25) is 0 Å². The third-order valence-corrected chi connectivity index (χ3v) is 4.41. The van der Waals surface area contributed by atoms with Gasteiger partial charge in [-0.25, -0.2) is 0 Å². The van der Waals surface area contributed by atoms with Crippen molar-refractivity contribution in [3.05, 3.63) is 54.6 Å². The lowest BCUT2D eigenvalue weighted by atomic mass is 9.90. The van der Waals surface area contributed by atoms with Gasteiger partial charge < -0.3 is 10.1 Å². The van der Waals surface area contributed by atoms with E-state index in [-0.39, 0.29) is 11.8 Å². The fraction of sp³-hybridized carbons (Fsp3) is 0.333. The third-order valence-electron chi connectivity index (χ3n) is 4.41. The van der Waals surface area contributed by atoms with Gasteiger partial charge in [0.05, 0.1) is 6.07 Å². The van der Waals surface area contributed by atoms with Gasteiger partial charge in [-0.05, 0) is 43.0 Å². The molecule has 0 fully saturated rings. The lowest BCUT2D eigenvalue weighted by molar-refractivity contribution is -0.128. The summed E-state index contributed by atoms with van der Waals surface area (Å²) < 4.78 is 5.72. The van der Waals surface area contributed by atoms with Crippen LogP contribution in [0.5, 0.6) is 5.75 Å². The van der Waals surface area contributed by atoms with Crippen LogP contribution >= 0.6 is 0 Å². The molecular formula is C21H24N2O2. The van der Waals surface area contributed by atoms with Crippen LogP contribution in [0.15, 0.2) is 54.6 Å². The fourth-order valence-corrected chi connectivity index (χ4v) is 2.27. The molecule has 2 rings (SSSR count). The zero-order valence-electron chi connectivity index (χ0n) is 15.1. The van der Waals surface area contributed by atoms with Crippen LogP contribution in [-0.4, -0.2) is 17.6 Å². The summed E-state index contributed by atoms with van der Waals surface area (Å²) >= 11 is 0. The molecule has 25 heavy (non-hydrogen) atoms. The highest BCUT2D eigenvalue weighted by Gasteiger charge is 2.32. The Balaban J connectivity index is 2.02. The smallest absolute Gasteiger partial charge is 0.262 e. The number of nitrogens with one attached hydrogen (secondary N) is 1. The molecule has 0 bridgehead atoms. The first-order chi connectivity index (χ1) is 11.9. The van der Waals surface area contributed by atoms with E-state index in [1.807, 2.05) is 68.4 Å². The number of hydrogen-bond donors (Lipinski definition) is 1. The molecule has 4 nitrogen and oxygen atoms in total. The van der Waals surface area contributed by atoms with Gasteiger partial charge in [-0.15, -0.1) is 0 Å². The molecule has 2 aromatic carbocycles. The van der Waals surface area contributed by atoms with E-state index < -0.39 is 11.6 Å². The van der Waals surface area contributed by atoms with E-state index in [1.165, 1.54) is 0 Å². The Morgan fingerprint density at radius 1 is 1.04 bits per heavy atom. The van der Waals surface area contributed by atoms with Gasteiger partial charge in [-0.3, -0.25) is 4.79 Å². The van der Waals surface area contributed by atoms with E-state index in [0.717, 1.165) is 11.1 Å². The number of carbonyl (C=O) groups is 1. The molecule has 0 aromatic heterocycles. The lowest BCUT2D eigenvalue weighted by Crippen LogP contribution is -2.52. The van der Waals surface area contributed by atoms with Crippen molar-refractivity contribution in [3.63, 3.8) is 0 Å². The Hall–Kier alpha value is -2.80. The van der Waals surface area contributed by atoms with E-state index in [9.17, 15) is 10.1 Å². The van der Waals surface area contributed by atoms with Crippen LogP contribution in [0.3, 0.4) is 0 Å². The van der Waals surface area contributed by atoms with E-state index in [0.29, 0.717) is 5.75 Å². The zero-order valence-corrected chi connectivity index (χ0v) is 15.1. The molecule has 2 atom stereocenters. The molecule has 0 saturated heterocycles. The molecule has 4 heteroatoms. The molecule has 1 N–H and O–H groups in total. The number of nitriles is 1. The van der Waals surface area contributed by atoms with Gasteiger partial charge in [0, 0.05) is 0 Å². The normalized spacial score (nSPS) is 14.2. The largest absolute Gasteiger partial charge is 0.481 e. The minimum atomic E-state index is -0.911. The van der Waals surface area contributed by atoms with Crippen LogP contribution in [0.4, 0.5) is 0 Å². The highest BCUT2D eigenvalue weighted by molar-refractivity contribution is 5.82. The molecule has 0 aliphatic heterocycles. The van der Waals surface area contributed by atoms with Gasteiger partial charge >= 0.3 is 0 Å². The van der Waals surface area contributed by atoms with Gasteiger partial charge in [-0.1, -0.05) is 56.3 Å². The minimum absolute atomic E-state index is 0.00111. The van der Waals surface area contributed by atoms with Crippen LogP contribution < -0.4 is 10.1 Å². The summed E-state index contributed by atoms with van der Waals surface area (Å²) in [6, 6.07) is 19.8. The summed E-state index contributed by atoms with van der Waals surface area (Å²) in [7, 11) is 0. The molecule has 130 valence electrons. The third kappa shape index (κ3) is 4.60. The SMILES string of the molecule is CC(C)[C@@](C)(C#N)NC(=O)[C@H](C)Oc1ccc(-c2ccccc2)cc1. The van der Waals surface area contributed by atoms with Gasteiger partial charge in [-0.2, -0.15) is 5.26 Å². The first-order valence-electron chi connectivity index (χ1n) is 8.41.